The second kappa shape index (κ2) is 8.01. The van der Waals surface area contributed by atoms with E-state index in [-0.39, 0.29) is 11.8 Å². The number of rotatable bonds is 3. The van der Waals surface area contributed by atoms with Gasteiger partial charge in [-0.15, -0.1) is 0 Å². The molecule has 6 heteroatoms. The summed E-state index contributed by atoms with van der Waals surface area (Å²) in [5, 5.41) is 0. The molecule has 3 aliphatic rings. The summed E-state index contributed by atoms with van der Waals surface area (Å²) in [4.78, 5) is 31.0. The number of nitrogens with zero attached hydrogens (tertiary/aromatic N) is 3. The van der Waals surface area contributed by atoms with Gasteiger partial charge in [0, 0.05) is 56.4 Å². The van der Waals surface area contributed by atoms with Crippen LogP contribution in [0.1, 0.15) is 36.0 Å². The van der Waals surface area contributed by atoms with Crippen molar-refractivity contribution < 1.29 is 9.59 Å². The first-order valence-corrected chi connectivity index (χ1v) is 10.9. The van der Waals surface area contributed by atoms with Gasteiger partial charge in [0.25, 0.3) is 5.91 Å². The molecule has 0 aromatic heterocycles. The lowest BCUT2D eigenvalue weighted by molar-refractivity contribution is -0.117. The van der Waals surface area contributed by atoms with Crippen LogP contribution in [0.25, 0.3) is 0 Å². The molecule has 0 radical (unpaired) electrons. The molecule has 0 unspecified atom stereocenters. The van der Waals surface area contributed by atoms with E-state index in [4.69, 9.17) is 0 Å². The molecule has 2 amide bonds. The fourth-order valence-corrected chi connectivity index (χ4v) is 5.31. The van der Waals surface area contributed by atoms with Crippen LogP contribution in [-0.4, -0.2) is 71.9 Å². The van der Waals surface area contributed by atoms with Crippen LogP contribution in [-0.2, 0) is 4.79 Å². The Balaban J connectivity index is 1.34. The molecule has 140 valence electrons. The molecule has 0 atom stereocenters. The van der Waals surface area contributed by atoms with Crippen LogP contribution in [0.3, 0.4) is 0 Å². The summed E-state index contributed by atoms with van der Waals surface area (Å²) < 4.78 is 0. The average molecular weight is 374 g/mol. The number of anilines is 1. The van der Waals surface area contributed by atoms with Gasteiger partial charge in [0.1, 0.15) is 0 Å². The molecule has 4 rings (SSSR count). The molecular formula is C20H27N3O2S. The van der Waals surface area contributed by atoms with E-state index in [2.05, 4.69) is 16.7 Å². The molecule has 0 N–H and O–H groups in total. The maximum atomic E-state index is 12.8. The molecule has 5 nitrogen and oxygen atoms in total. The second-order valence-corrected chi connectivity index (χ2v) is 8.59. The van der Waals surface area contributed by atoms with Crippen LogP contribution in [0.15, 0.2) is 24.3 Å². The van der Waals surface area contributed by atoms with Crippen LogP contribution in [0.5, 0.6) is 0 Å². The van der Waals surface area contributed by atoms with Crippen molar-refractivity contribution in [3.63, 3.8) is 0 Å². The summed E-state index contributed by atoms with van der Waals surface area (Å²) in [7, 11) is 0. The molecule has 0 saturated carbocycles. The molecule has 0 aliphatic carbocycles. The first-order valence-electron chi connectivity index (χ1n) is 9.74. The lowest BCUT2D eigenvalue weighted by Crippen LogP contribution is -2.52. The van der Waals surface area contributed by atoms with Crippen LogP contribution >= 0.6 is 11.8 Å². The number of piperazine rings is 1. The molecular weight excluding hydrogens is 346 g/mol. The molecule has 3 heterocycles. The van der Waals surface area contributed by atoms with E-state index < -0.39 is 0 Å². The molecule has 3 fully saturated rings. The Bertz CT molecular complexity index is 650. The zero-order chi connectivity index (χ0) is 17.9. The first-order chi connectivity index (χ1) is 12.7. The third-order valence-corrected chi connectivity index (χ3v) is 6.86. The van der Waals surface area contributed by atoms with Crippen molar-refractivity contribution in [2.24, 2.45) is 0 Å². The van der Waals surface area contributed by atoms with E-state index >= 15 is 0 Å². The van der Waals surface area contributed by atoms with E-state index in [0.29, 0.717) is 12.5 Å². The van der Waals surface area contributed by atoms with Gasteiger partial charge in [-0.3, -0.25) is 14.5 Å². The van der Waals surface area contributed by atoms with Crippen LogP contribution < -0.4 is 4.90 Å². The van der Waals surface area contributed by atoms with Gasteiger partial charge in [-0.25, -0.2) is 0 Å². The van der Waals surface area contributed by atoms with Crippen LogP contribution in [0, 0.1) is 0 Å². The predicted octanol–water partition coefficient (Wildman–Crippen LogP) is 2.47. The minimum absolute atomic E-state index is 0.114. The zero-order valence-electron chi connectivity index (χ0n) is 15.2. The maximum absolute atomic E-state index is 12.8. The summed E-state index contributed by atoms with van der Waals surface area (Å²) in [6.07, 6.45) is 4.12. The quantitative estimate of drug-likeness (QED) is 0.816. The number of hydrogen-bond donors (Lipinski definition) is 0. The van der Waals surface area contributed by atoms with Crippen molar-refractivity contribution in [3.05, 3.63) is 29.8 Å². The number of thioether (sulfide) groups is 1. The number of carbonyl (C=O) groups excluding carboxylic acids is 2. The van der Waals surface area contributed by atoms with Gasteiger partial charge in [0.15, 0.2) is 0 Å². The monoisotopic (exact) mass is 373 g/mol. The van der Waals surface area contributed by atoms with Gasteiger partial charge in [0.05, 0.1) is 0 Å². The van der Waals surface area contributed by atoms with E-state index in [1.807, 2.05) is 34.1 Å². The third-order valence-electron chi connectivity index (χ3n) is 5.81. The topological polar surface area (TPSA) is 43.9 Å². The average Bonchev–Trinajstić information content (AvgIpc) is 3.14. The van der Waals surface area contributed by atoms with Crippen molar-refractivity contribution in [2.45, 2.75) is 31.7 Å². The van der Waals surface area contributed by atoms with Crippen molar-refractivity contribution in [1.82, 2.24) is 9.80 Å². The lowest BCUT2D eigenvalue weighted by Gasteiger charge is -2.40. The second-order valence-electron chi connectivity index (χ2n) is 7.37. The van der Waals surface area contributed by atoms with Gasteiger partial charge in [-0.1, -0.05) is 0 Å². The van der Waals surface area contributed by atoms with E-state index in [0.717, 1.165) is 50.4 Å². The van der Waals surface area contributed by atoms with Gasteiger partial charge < -0.3 is 9.80 Å². The van der Waals surface area contributed by atoms with E-state index in [1.54, 1.807) is 0 Å². The van der Waals surface area contributed by atoms with Gasteiger partial charge in [0.2, 0.25) is 5.91 Å². The molecule has 3 aliphatic heterocycles. The third kappa shape index (κ3) is 3.76. The molecule has 3 saturated heterocycles. The van der Waals surface area contributed by atoms with Crippen molar-refractivity contribution in [2.75, 3.05) is 49.1 Å². The summed E-state index contributed by atoms with van der Waals surface area (Å²) in [5.74, 6) is 2.84. The molecule has 1 aromatic rings. The predicted molar refractivity (Wildman–Crippen MR) is 106 cm³/mol. The first kappa shape index (κ1) is 17.9. The molecule has 1 aromatic carbocycles. The Morgan fingerprint density at radius 2 is 1.65 bits per heavy atom. The SMILES string of the molecule is O=C(c1ccc(N2CCCC2=O)cc1)N1CCN(C2CCSCC2)CC1. The lowest BCUT2D eigenvalue weighted by atomic mass is 10.1. The Hall–Kier alpha value is -1.53. The zero-order valence-corrected chi connectivity index (χ0v) is 16.0. The Morgan fingerprint density at radius 1 is 0.962 bits per heavy atom. The molecule has 26 heavy (non-hydrogen) atoms. The molecule has 0 bridgehead atoms. The summed E-state index contributed by atoms with van der Waals surface area (Å²) in [6, 6.07) is 8.27. The minimum atomic E-state index is 0.114. The Labute approximate surface area is 159 Å². The van der Waals surface area contributed by atoms with Crippen molar-refractivity contribution in [3.8, 4) is 0 Å². The largest absolute Gasteiger partial charge is 0.336 e. The van der Waals surface area contributed by atoms with Gasteiger partial charge >= 0.3 is 0 Å². The van der Waals surface area contributed by atoms with Crippen molar-refractivity contribution in [1.29, 1.82) is 0 Å². The fraction of sp³-hybridized carbons (Fsp3) is 0.600. The maximum Gasteiger partial charge on any atom is 0.253 e. The highest BCUT2D eigenvalue weighted by atomic mass is 32.2. The highest BCUT2D eigenvalue weighted by molar-refractivity contribution is 7.99. The smallest absolute Gasteiger partial charge is 0.253 e. The molecule has 0 spiro atoms. The van der Waals surface area contributed by atoms with Gasteiger partial charge in [-0.2, -0.15) is 11.8 Å². The van der Waals surface area contributed by atoms with Crippen molar-refractivity contribution >= 4 is 29.3 Å². The standard InChI is InChI=1S/C20H27N3O2S/c24-19-2-1-9-23(19)18-5-3-16(4-6-18)20(25)22-12-10-21(11-13-22)17-7-14-26-15-8-17/h3-6,17H,1-2,7-15H2. The fourth-order valence-electron chi connectivity index (χ4n) is 4.23. The van der Waals surface area contributed by atoms with E-state index in [9.17, 15) is 9.59 Å². The Morgan fingerprint density at radius 3 is 2.27 bits per heavy atom. The van der Waals surface area contributed by atoms with Gasteiger partial charge in [-0.05, 0) is 55.0 Å². The summed E-state index contributed by atoms with van der Waals surface area (Å²) >= 11 is 2.06. The highest BCUT2D eigenvalue weighted by Gasteiger charge is 2.28. The number of hydrogen-bond acceptors (Lipinski definition) is 4. The summed E-state index contributed by atoms with van der Waals surface area (Å²) in [6.45, 7) is 4.39. The Kier molecular flexibility index (Phi) is 5.50. The van der Waals surface area contributed by atoms with Crippen LogP contribution in [0.2, 0.25) is 0 Å². The van der Waals surface area contributed by atoms with E-state index in [1.165, 1.54) is 24.3 Å². The number of amides is 2. The minimum Gasteiger partial charge on any atom is -0.336 e. The normalized spacial score (nSPS) is 22.8. The van der Waals surface area contributed by atoms with Crippen LogP contribution in [0.4, 0.5) is 5.69 Å². The number of benzene rings is 1. The summed E-state index contributed by atoms with van der Waals surface area (Å²) in [5.41, 5.74) is 1.63. The number of carbonyl (C=O) groups is 2. The highest BCUT2D eigenvalue weighted by Crippen LogP contribution is 2.24.